The lowest BCUT2D eigenvalue weighted by Crippen LogP contribution is -2.37. The first-order valence-corrected chi connectivity index (χ1v) is 10.7. The van der Waals surface area contributed by atoms with Crippen molar-refractivity contribution in [2.24, 2.45) is 0 Å². The maximum atomic E-state index is 12.9. The van der Waals surface area contributed by atoms with Crippen LogP contribution in [0.1, 0.15) is 33.5 Å². The van der Waals surface area contributed by atoms with Crippen LogP contribution in [0.25, 0.3) is 0 Å². The molecule has 0 spiro atoms. The van der Waals surface area contributed by atoms with Gasteiger partial charge >= 0.3 is 0 Å². The van der Waals surface area contributed by atoms with Crippen LogP contribution in [0.5, 0.6) is 0 Å². The van der Waals surface area contributed by atoms with Crippen molar-refractivity contribution >= 4 is 15.9 Å². The number of nitrogens with zero attached hydrogens (tertiary/aromatic N) is 2. The van der Waals surface area contributed by atoms with E-state index in [-0.39, 0.29) is 5.91 Å². The smallest absolute Gasteiger partial charge is 0.254 e. The van der Waals surface area contributed by atoms with E-state index < -0.39 is 10.0 Å². The largest absolute Gasteiger partial charge is 0.337 e. The molecule has 0 bridgehead atoms. The molecule has 0 aliphatic carbocycles. The van der Waals surface area contributed by atoms with Gasteiger partial charge in [-0.1, -0.05) is 35.4 Å². The van der Waals surface area contributed by atoms with Crippen LogP contribution in [0, 0.1) is 20.8 Å². The van der Waals surface area contributed by atoms with Crippen LogP contribution in [-0.2, 0) is 10.0 Å². The Kier molecular flexibility index (Phi) is 5.67. The minimum Gasteiger partial charge on any atom is -0.337 e. The Morgan fingerprint density at radius 3 is 2.22 bits per heavy atom. The first-order chi connectivity index (χ1) is 12.8. The summed E-state index contributed by atoms with van der Waals surface area (Å²) in [5.74, 6) is -0.0224. The molecule has 5 nitrogen and oxygen atoms in total. The quantitative estimate of drug-likeness (QED) is 0.814. The molecule has 1 saturated heterocycles. The summed E-state index contributed by atoms with van der Waals surface area (Å²) in [6, 6.07) is 12.8. The van der Waals surface area contributed by atoms with Gasteiger partial charge in [0.25, 0.3) is 5.91 Å². The van der Waals surface area contributed by atoms with Crippen molar-refractivity contribution < 1.29 is 13.2 Å². The number of carbonyl (C=O) groups is 1. The second-order valence-electron chi connectivity index (χ2n) is 7.18. The van der Waals surface area contributed by atoms with Gasteiger partial charge in [-0.3, -0.25) is 4.79 Å². The molecule has 2 aromatic rings. The van der Waals surface area contributed by atoms with Crippen molar-refractivity contribution in [3.63, 3.8) is 0 Å². The van der Waals surface area contributed by atoms with E-state index in [1.807, 2.05) is 39.0 Å². The fourth-order valence-electron chi connectivity index (χ4n) is 3.33. The molecule has 1 aliphatic heterocycles. The van der Waals surface area contributed by atoms with Gasteiger partial charge in [-0.05, 0) is 51.0 Å². The van der Waals surface area contributed by atoms with Crippen molar-refractivity contribution in [1.82, 2.24) is 9.21 Å². The third-order valence-electron chi connectivity index (χ3n) is 5.02. The predicted molar refractivity (Wildman–Crippen MR) is 106 cm³/mol. The highest BCUT2D eigenvalue weighted by Crippen LogP contribution is 2.20. The zero-order chi connectivity index (χ0) is 19.6. The molecule has 1 amide bonds. The van der Waals surface area contributed by atoms with Gasteiger partial charge in [0.15, 0.2) is 0 Å². The van der Waals surface area contributed by atoms with Crippen LogP contribution in [-0.4, -0.2) is 49.7 Å². The number of sulfonamides is 1. The molecule has 0 unspecified atom stereocenters. The van der Waals surface area contributed by atoms with E-state index >= 15 is 0 Å². The summed E-state index contributed by atoms with van der Waals surface area (Å²) in [6.45, 7) is 7.52. The van der Waals surface area contributed by atoms with Gasteiger partial charge in [0.1, 0.15) is 0 Å². The molecular formula is C21H26N2O3S. The summed E-state index contributed by atoms with van der Waals surface area (Å²) in [7, 11) is -3.54. The highest BCUT2D eigenvalue weighted by Gasteiger charge is 2.28. The van der Waals surface area contributed by atoms with Gasteiger partial charge in [0, 0.05) is 31.7 Å². The van der Waals surface area contributed by atoms with Gasteiger partial charge in [-0.15, -0.1) is 0 Å². The summed E-state index contributed by atoms with van der Waals surface area (Å²) >= 11 is 0. The highest BCUT2D eigenvalue weighted by atomic mass is 32.2. The van der Waals surface area contributed by atoms with Gasteiger partial charge in [-0.2, -0.15) is 4.31 Å². The molecule has 0 N–H and O–H groups in total. The molecule has 27 heavy (non-hydrogen) atoms. The van der Waals surface area contributed by atoms with Crippen molar-refractivity contribution in [3.05, 3.63) is 64.7 Å². The number of aryl methyl sites for hydroxylation is 3. The van der Waals surface area contributed by atoms with E-state index in [1.165, 1.54) is 4.31 Å². The average molecular weight is 387 g/mol. The number of amides is 1. The molecule has 0 saturated carbocycles. The third kappa shape index (κ3) is 4.22. The van der Waals surface area contributed by atoms with Crippen LogP contribution in [0.3, 0.4) is 0 Å². The standard InChI is InChI=1S/C21H26N2O3S/c1-16-6-9-19(10-7-16)27(25,26)23-12-4-11-22(13-14-23)21(24)20-15-17(2)5-8-18(20)3/h5-10,15H,4,11-14H2,1-3H3. The van der Waals surface area contributed by atoms with Gasteiger partial charge in [0.05, 0.1) is 4.90 Å². The lowest BCUT2D eigenvalue weighted by molar-refractivity contribution is 0.0763. The van der Waals surface area contributed by atoms with E-state index in [0.29, 0.717) is 43.1 Å². The Morgan fingerprint density at radius 2 is 1.52 bits per heavy atom. The Morgan fingerprint density at radius 1 is 0.852 bits per heavy atom. The molecule has 1 fully saturated rings. The molecule has 0 aromatic heterocycles. The van der Waals surface area contributed by atoms with Crippen LogP contribution >= 0.6 is 0 Å². The maximum Gasteiger partial charge on any atom is 0.254 e. The summed E-state index contributed by atoms with van der Waals surface area (Å²) in [6.07, 6.45) is 0.627. The molecular weight excluding hydrogens is 360 g/mol. The fourth-order valence-corrected chi connectivity index (χ4v) is 4.80. The minimum atomic E-state index is -3.54. The topological polar surface area (TPSA) is 57.7 Å². The van der Waals surface area contributed by atoms with Gasteiger partial charge in [0.2, 0.25) is 10.0 Å². The van der Waals surface area contributed by atoms with Crippen LogP contribution in [0.2, 0.25) is 0 Å². The Bertz CT molecular complexity index is 936. The summed E-state index contributed by atoms with van der Waals surface area (Å²) < 4.78 is 27.3. The lowest BCUT2D eigenvalue weighted by atomic mass is 10.0. The number of benzene rings is 2. The molecule has 1 heterocycles. The number of carbonyl (C=O) groups excluding carboxylic acids is 1. The molecule has 1 aliphatic rings. The van der Waals surface area contributed by atoms with E-state index in [9.17, 15) is 13.2 Å². The van der Waals surface area contributed by atoms with Gasteiger partial charge in [-0.25, -0.2) is 8.42 Å². The molecule has 2 aromatic carbocycles. The second kappa shape index (κ2) is 7.82. The Hall–Kier alpha value is -2.18. The van der Waals surface area contributed by atoms with Crippen molar-refractivity contribution in [2.75, 3.05) is 26.2 Å². The van der Waals surface area contributed by atoms with Crippen molar-refractivity contribution in [3.8, 4) is 0 Å². The molecule has 0 atom stereocenters. The van der Waals surface area contributed by atoms with Crippen LogP contribution in [0.15, 0.2) is 47.4 Å². The van der Waals surface area contributed by atoms with Crippen LogP contribution < -0.4 is 0 Å². The first kappa shape index (κ1) is 19.6. The lowest BCUT2D eigenvalue weighted by Gasteiger charge is -2.23. The summed E-state index contributed by atoms with van der Waals surface area (Å²) in [4.78, 5) is 15.0. The molecule has 6 heteroatoms. The highest BCUT2D eigenvalue weighted by molar-refractivity contribution is 7.89. The number of rotatable bonds is 3. The van der Waals surface area contributed by atoms with E-state index in [2.05, 4.69) is 0 Å². The van der Waals surface area contributed by atoms with Crippen LogP contribution in [0.4, 0.5) is 0 Å². The average Bonchev–Trinajstić information content (AvgIpc) is 2.90. The summed E-state index contributed by atoms with van der Waals surface area (Å²) in [5.41, 5.74) is 3.71. The molecule has 3 rings (SSSR count). The number of hydrogen-bond acceptors (Lipinski definition) is 3. The molecule has 144 valence electrons. The maximum absolute atomic E-state index is 12.9. The van der Waals surface area contributed by atoms with E-state index in [1.54, 1.807) is 29.2 Å². The van der Waals surface area contributed by atoms with E-state index in [0.717, 1.165) is 16.7 Å². The Labute approximate surface area is 161 Å². The predicted octanol–water partition coefficient (Wildman–Crippen LogP) is 3.15. The zero-order valence-corrected chi connectivity index (χ0v) is 16.9. The SMILES string of the molecule is Cc1ccc(S(=O)(=O)N2CCCN(C(=O)c3cc(C)ccc3C)CC2)cc1. The minimum absolute atomic E-state index is 0.0224. The van der Waals surface area contributed by atoms with Crippen molar-refractivity contribution in [2.45, 2.75) is 32.1 Å². The first-order valence-electron chi connectivity index (χ1n) is 9.22. The van der Waals surface area contributed by atoms with Crippen molar-refractivity contribution in [1.29, 1.82) is 0 Å². The van der Waals surface area contributed by atoms with Gasteiger partial charge < -0.3 is 4.90 Å². The third-order valence-corrected chi connectivity index (χ3v) is 6.94. The fraction of sp³-hybridized carbons (Fsp3) is 0.381. The normalized spacial score (nSPS) is 16.2. The summed E-state index contributed by atoms with van der Waals surface area (Å²) in [5, 5.41) is 0. The monoisotopic (exact) mass is 386 g/mol. The Balaban J connectivity index is 1.76. The number of hydrogen-bond donors (Lipinski definition) is 0. The second-order valence-corrected chi connectivity index (χ2v) is 9.12. The van der Waals surface area contributed by atoms with E-state index in [4.69, 9.17) is 0 Å². The molecule has 0 radical (unpaired) electrons. The zero-order valence-electron chi connectivity index (χ0n) is 16.1.